The van der Waals surface area contributed by atoms with E-state index in [0.717, 1.165) is 4.31 Å². The van der Waals surface area contributed by atoms with Gasteiger partial charge in [-0.2, -0.15) is 21.1 Å². The van der Waals surface area contributed by atoms with E-state index in [1.54, 1.807) is 0 Å². The van der Waals surface area contributed by atoms with Gasteiger partial charge in [-0.05, 0) is 43.3 Å². The molecule has 3 aromatic rings. The van der Waals surface area contributed by atoms with Crippen LogP contribution in [0.4, 0.5) is 5.69 Å². The van der Waals surface area contributed by atoms with Crippen molar-refractivity contribution in [3.63, 3.8) is 0 Å². The molecule has 0 unspecified atom stereocenters. The summed E-state index contributed by atoms with van der Waals surface area (Å²) in [7, 11) is -5.87. The van der Waals surface area contributed by atoms with E-state index in [1.807, 2.05) is 0 Å². The van der Waals surface area contributed by atoms with E-state index in [9.17, 15) is 26.7 Å². The summed E-state index contributed by atoms with van der Waals surface area (Å²) in [5.74, 6) is -1.22. The van der Waals surface area contributed by atoms with Gasteiger partial charge in [0.2, 0.25) is 0 Å². The van der Waals surface area contributed by atoms with Crippen LogP contribution in [0.5, 0.6) is 5.75 Å². The first-order chi connectivity index (χ1) is 14.8. The van der Waals surface area contributed by atoms with Gasteiger partial charge in [0, 0.05) is 30.2 Å². The number of rotatable bonds is 8. The Balaban J connectivity index is 2.29. The maximum Gasteiger partial charge on any atom is 0.341 e. The van der Waals surface area contributed by atoms with Crippen molar-refractivity contribution in [1.29, 1.82) is 0 Å². The lowest BCUT2D eigenvalue weighted by Crippen LogP contribution is -2.29. The lowest BCUT2D eigenvalue weighted by molar-refractivity contribution is -0.137. The zero-order chi connectivity index (χ0) is 23.8. The van der Waals surface area contributed by atoms with Gasteiger partial charge in [0.05, 0.1) is 11.2 Å². The molecule has 0 spiro atoms. The highest BCUT2D eigenvalue weighted by Gasteiger charge is 2.30. The molecule has 0 fully saturated rings. The van der Waals surface area contributed by atoms with E-state index in [0.29, 0.717) is 5.02 Å². The molecule has 1 aromatic heterocycles. The first-order valence-corrected chi connectivity index (χ1v) is 12.3. The monoisotopic (exact) mass is 501 g/mol. The maximum absolute atomic E-state index is 13.3. The van der Waals surface area contributed by atoms with Gasteiger partial charge in [0.25, 0.3) is 0 Å². The van der Waals surface area contributed by atoms with Crippen molar-refractivity contribution >= 4 is 54.5 Å². The summed E-state index contributed by atoms with van der Waals surface area (Å²) in [6, 6.07) is 10.00. The average molecular weight is 502 g/mol. The third-order valence-electron chi connectivity index (χ3n) is 4.58. The lowest BCUT2D eigenvalue weighted by atomic mass is 10.2. The van der Waals surface area contributed by atoms with Crippen LogP contribution in [0.1, 0.15) is 5.69 Å². The summed E-state index contributed by atoms with van der Waals surface area (Å²) in [6.45, 7) is 0.883. The lowest BCUT2D eigenvalue weighted by Gasteiger charge is -2.15. The topological polar surface area (TPSA) is 135 Å². The Morgan fingerprint density at radius 2 is 1.75 bits per heavy atom. The zero-order valence-corrected chi connectivity index (χ0v) is 19.6. The molecule has 0 aliphatic rings. The normalized spacial score (nSPS) is 12.3. The molecule has 0 saturated carbocycles. The standard InChI is InChI=1S/C19H20ClN3O7S2/c1-12-19(31(26,27)30-14-9-7-13(20)8-10-14)18-15(21-32(28,29)22(2)3)5-4-6-16(18)23(12)11-17(24)25/h4-10,21H,11H2,1-3H3,(H,24,25). The Kier molecular flexibility index (Phi) is 6.43. The van der Waals surface area contributed by atoms with Crippen LogP contribution >= 0.6 is 11.6 Å². The van der Waals surface area contributed by atoms with E-state index in [2.05, 4.69) is 4.72 Å². The van der Waals surface area contributed by atoms with Crippen LogP contribution < -0.4 is 8.91 Å². The predicted octanol–water partition coefficient (Wildman–Crippen LogP) is 2.67. The highest BCUT2D eigenvalue weighted by atomic mass is 35.5. The van der Waals surface area contributed by atoms with Crippen molar-refractivity contribution in [2.24, 2.45) is 0 Å². The fourth-order valence-electron chi connectivity index (χ4n) is 3.11. The van der Waals surface area contributed by atoms with Crippen LogP contribution in [0.2, 0.25) is 5.02 Å². The number of fused-ring (bicyclic) bond motifs is 1. The number of nitrogens with zero attached hydrogens (tertiary/aromatic N) is 2. The number of anilines is 1. The highest BCUT2D eigenvalue weighted by Crippen LogP contribution is 2.37. The molecule has 13 heteroatoms. The average Bonchev–Trinajstić information content (AvgIpc) is 2.96. The van der Waals surface area contributed by atoms with Gasteiger partial charge in [-0.15, -0.1) is 0 Å². The van der Waals surface area contributed by atoms with Crippen LogP contribution in [-0.2, 0) is 31.7 Å². The molecule has 32 heavy (non-hydrogen) atoms. The van der Waals surface area contributed by atoms with Gasteiger partial charge in [0.1, 0.15) is 17.2 Å². The number of aromatic nitrogens is 1. The molecule has 2 aromatic carbocycles. The molecule has 0 saturated heterocycles. The SMILES string of the molecule is Cc1c(S(=O)(=O)Oc2ccc(Cl)cc2)c2c(NS(=O)(=O)N(C)C)cccc2n1CC(=O)O. The van der Waals surface area contributed by atoms with E-state index in [4.69, 9.17) is 15.8 Å². The van der Waals surface area contributed by atoms with E-state index in [-0.39, 0.29) is 32.9 Å². The minimum Gasteiger partial charge on any atom is -0.480 e. The van der Waals surface area contributed by atoms with Crippen LogP contribution in [0.25, 0.3) is 10.9 Å². The second-order valence-corrected chi connectivity index (χ2v) is 10.8. The van der Waals surface area contributed by atoms with Crippen LogP contribution in [0.3, 0.4) is 0 Å². The van der Waals surface area contributed by atoms with Gasteiger partial charge < -0.3 is 13.9 Å². The van der Waals surface area contributed by atoms with Gasteiger partial charge in [-0.25, -0.2) is 0 Å². The molecule has 3 rings (SSSR count). The Labute approximate surface area is 190 Å². The fraction of sp³-hybridized carbons (Fsp3) is 0.211. The Hall–Kier alpha value is -2.80. The number of halogens is 1. The minimum absolute atomic E-state index is 0.00867. The number of carboxylic acid groups (broad SMARTS) is 1. The van der Waals surface area contributed by atoms with Crippen molar-refractivity contribution in [2.45, 2.75) is 18.4 Å². The summed E-state index contributed by atoms with van der Waals surface area (Å²) in [5.41, 5.74) is 0.247. The van der Waals surface area contributed by atoms with Crippen molar-refractivity contribution in [3.05, 3.63) is 53.2 Å². The van der Waals surface area contributed by atoms with Crippen molar-refractivity contribution in [2.75, 3.05) is 18.8 Å². The smallest absolute Gasteiger partial charge is 0.341 e. The molecule has 0 radical (unpaired) electrons. The highest BCUT2D eigenvalue weighted by molar-refractivity contribution is 7.90. The molecule has 172 valence electrons. The number of hydrogen-bond donors (Lipinski definition) is 2. The molecule has 2 N–H and O–H groups in total. The molecular formula is C19H20ClN3O7S2. The quantitative estimate of drug-likeness (QED) is 0.453. The largest absolute Gasteiger partial charge is 0.480 e. The molecule has 0 aliphatic heterocycles. The third kappa shape index (κ3) is 4.67. The second-order valence-electron chi connectivity index (χ2n) is 6.97. The van der Waals surface area contributed by atoms with Crippen molar-refractivity contribution in [1.82, 2.24) is 8.87 Å². The molecular weight excluding hydrogens is 482 g/mol. The Morgan fingerprint density at radius 3 is 2.31 bits per heavy atom. The Bertz CT molecular complexity index is 1400. The molecule has 0 atom stereocenters. The summed E-state index contributed by atoms with van der Waals surface area (Å²) < 4.78 is 61.1. The predicted molar refractivity (Wildman–Crippen MR) is 120 cm³/mol. The van der Waals surface area contributed by atoms with E-state index in [1.165, 1.54) is 68.1 Å². The minimum atomic E-state index is -4.50. The fourth-order valence-corrected chi connectivity index (χ4v) is 5.25. The summed E-state index contributed by atoms with van der Waals surface area (Å²) in [4.78, 5) is 11.1. The number of benzene rings is 2. The van der Waals surface area contributed by atoms with E-state index >= 15 is 0 Å². The summed E-state index contributed by atoms with van der Waals surface area (Å²) in [6.07, 6.45) is 0. The molecule has 0 bridgehead atoms. The number of aliphatic carboxylic acids is 1. The third-order valence-corrected chi connectivity index (χ3v) is 7.68. The molecule has 0 aliphatic carbocycles. The zero-order valence-electron chi connectivity index (χ0n) is 17.2. The van der Waals surface area contributed by atoms with Gasteiger partial charge >= 0.3 is 26.3 Å². The number of nitrogens with one attached hydrogen (secondary N) is 1. The van der Waals surface area contributed by atoms with Gasteiger partial charge in [0.15, 0.2) is 0 Å². The van der Waals surface area contributed by atoms with Crippen molar-refractivity contribution in [3.8, 4) is 5.75 Å². The second kappa shape index (κ2) is 8.62. The molecule has 10 nitrogen and oxygen atoms in total. The summed E-state index contributed by atoms with van der Waals surface area (Å²) >= 11 is 5.83. The maximum atomic E-state index is 13.3. The number of hydrogen-bond acceptors (Lipinski definition) is 6. The van der Waals surface area contributed by atoms with Crippen LogP contribution in [0, 0.1) is 6.92 Å². The van der Waals surface area contributed by atoms with Gasteiger partial charge in [-0.1, -0.05) is 17.7 Å². The number of carbonyl (C=O) groups is 1. The van der Waals surface area contributed by atoms with E-state index < -0.39 is 32.8 Å². The van der Waals surface area contributed by atoms with Crippen molar-refractivity contribution < 1.29 is 30.9 Å². The van der Waals surface area contributed by atoms with Gasteiger partial charge in [-0.3, -0.25) is 9.52 Å². The first-order valence-electron chi connectivity index (χ1n) is 9.07. The molecule has 0 amide bonds. The summed E-state index contributed by atoms with van der Waals surface area (Å²) in [5, 5.41) is 9.69. The van der Waals surface area contributed by atoms with Crippen LogP contribution in [0.15, 0.2) is 47.4 Å². The Morgan fingerprint density at radius 1 is 1.12 bits per heavy atom. The number of carboxylic acids is 1. The molecule has 1 heterocycles. The van der Waals surface area contributed by atoms with Crippen LogP contribution in [-0.4, -0.2) is 50.9 Å². The first kappa shape index (κ1) is 23.9.